The Kier molecular flexibility index (Phi) is 7.12. The van der Waals surface area contributed by atoms with Gasteiger partial charge in [-0.05, 0) is 32.0 Å². The van der Waals surface area contributed by atoms with E-state index in [2.05, 4.69) is 19.9 Å². The lowest BCUT2D eigenvalue weighted by Gasteiger charge is -2.17. The summed E-state index contributed by atoms with van der Waals surface area (Å²) in [6, 6.07) is 10.8. The Balaban J connectivity index is 1.70. The van der Waals surface area contributed by atoms with Gasteiger partial charge in [0.15, 0.2) is 0 Å². The first kappa shape index (κ1) is 24.3. The second kappa shape index (κ2) is 10.2. The predicted molar refractivity (Wildman–Crippen MR) is 135 cm³/mol. The van der Waals surface area contributed by atoms with Crippen molar-refractivity contribution in [2.45, 2.75) is 40.2 Å². The molecule has 9 heteroatoms. The van der Waals surface area contributed by atoms with Gasteiger partial charge in [0.1, 0.15) is 18.2 Å². The summed E-state index contributed by atoms with van der Waals surface area (Å²) in [5.74, 6) is 1.88. The lowest BCUT2D eigenvalue weighted by atomic mass is 10.1. The number of pyridine rings is 3. The molecule has 4 aromatic rings. The molecule has 0 aromatic carbocycles. The van der Waals surface area contributed by atoms with Crippen LogP contribution < -0.4 is 15.0 Å². The molecule has 0 radical (unpaired) electrons. The second-order valence-electron chi connectivity index (χ2n) is 8.35. The van der Waals surface area contributed by atoms with Crippen LogP contribution in [0, 0.1) is 13.8 Å². The van der Waals surface area contributed by atoms with Crippen LogP contribution in [0.3, 0.4) is 0 Å². The van der Waals surface area contributed by atoms with Crippen LogP contribution in [0.25, 0.3) is 17.1 Å². The van der Waals surface area contributed by atoms with Crippen molar-refractivity contribution in [3.63, 3.8) is 0 Å². The number of hydrogen-bond donors (Lipinski definition) is 0. The third kappa shape index (κ3) is 5.17. The SMILES string of the molecule is COc1cccc(COc2cc(C)n(-c3cc(-c4ccnc(C(C)C)n4)ncc3Cl)c(=O)c2C)n1. The van der Waals surface area contributed by atoms with Gasteiger partial charge in [0.2, 0.25) is 5.88 Å². The van der Waals surface area contributed by atoms with E-state index in [1.54, 1.807) is 43.0 Å². The molecule has 0 amide bonds. The fourth-order valence-corrected chi connectivity index (χ4v) is 3.77. The maximum atomic E-state index is 13.4. The summed E-state index contributed by atoms with van der Waals surface area (Å²) in [7, 11) is 1.56. The molecular weight excluding hydrogens is 466 g/mol. The maximum absolute atomic E-state index is 13.4. The molecule has 8 nitrogen and oxygen atoms in total. The number of aryl methyl sites for hydroxylation is 1. The van der Waals surface area contributed by atoms with Gasteiger partial charge in [-0.1, -0.05) is 31.5 Å². The van der Waals surface area contributed by atoms with Gasteiger partial charge in [0.25, 0.3) is 5.56 Å². The minimum atomic E-state index is -0.233. The van der Waals surface area contributed by atoms with Gasteiger partial charge in [-0.15, -0.1) is 0 Å². The van der Waals surface area contributed by atoms with E-state index in [0.717, 1.165) is 5.82 Å². The van der Waals surface area contributed by atoms with Crippen molar-refractivity contribution in [1.29, 1.82) is 0 Å². The first-order valence-corrected chi connectivity index (χ1v) is 11.5. The third-order valence-electron chi connectivity index (χ3n) is 5.48. The molecule has 4 rings (SSSR count). The Hall–Kier alpha value is -3.78. The van der Waals surface area contributed by atoms with Crippen LogP contribution in [0.5, 0.6) is 11.6 Å². The Morgan fingerprint density at radius 2 is 1.86 bits per heavy atom. The lowest BCUT2D eigenvalue weighted by Crippen LogP contribution is -2.24. The highest BCUT2D eigenvalue weighted by Crippen LogP contribution is 2.27. The highest BCUT2D eigenvalue weighted by molar-refractivity contribution is 6.32. The van der Waals surface area contributed by atoms with Gasteiger partial charge < -0.3 is 9.47 Å². The topological polar surface area (TPSA) is 92.0 Å². The molecule has 0 saturated heterocycles. The smallest absolute Gasteiger partial charge is 0.261 e. The molecule has 0 aliphatic rings. The average Bonchev–Trinajstić information content (AvgIpc) is 2.86. The molecule has 0 bridgehead atoms. The van der Waals surface area contributed by atoms with Crippen molar-refractivity contribution < 1.29 is 9.47 Å². The van der Waals surface area contributed by atoms with Crippen molar-refractivity contribution >= 4 is 11.6 Å². The summed E-state index contributed by atoms with van der Waals surface area (Å²) in [6.45, 7) is 7.81. The zero-order valence-electron chi connectivity index (χ0n) is 20.2. The van der Waals surface area contributed by atoms with Crippen molar-refractivity contribution in [3.05, 3.63) is 86.9 Å². The normalized spacial score (nSPS) is 11.1. The molecule has 0 N–H and O–H groups in total. The quantitative estimate of drug-likeness (QED) is 0.356. The third-order valence-corrected chi connectivity index (χ3v) is 5.77. The zero-order valence-corrected chi connectivity index (χ0v) is 21.0. The molecular formula is C26H26ClN5O3. The molecule has 0 atom stereocenters. The number of halogens is 1. The largest absolute Gasteiger partial charge is 0.487 e. The van der Waals surface area contributed by atoms with Crippen LogP contribution in [0.2, 0.25) is 5.02 Å². The monoisotopic (exact) mass is 491 g/mol. The van der Waals surface area contributed by atoms with E-state index < -0.39 is 0 Å². The Labute approximate surface area is 208 Å². The number of hydrogen-bond acceptors (Lipinski definition) is 7. The molecule has 180 valence electrons. The summed E-state index contributed by atoms with van der Waals surface area (Å²) >= 11 is 6.50. The van der Waals surface area contributed by atoms with Crippen LogP contribution in [-0.4, -0.2) is 31.6 Å². The molecule has 0 fully saturated rings. The van der Waals surface area contributed by atoms with Gasteiger partial charge >= 0.3 is 0 Å². The number of methoxy groups -OCH3 is 1. The van der Waals surface area contributed by atoms with Crippen LogP contribution >= 0.6 is 11.6 Å². The standard InChI is InChI=1S/C26H26ClN5O3/c1-15(2)25-28-10-9-20(31-25)21-12-22(19(27)13-29-21)32-16(3)11-23(17(4)26(32)33)35-14-18-7-6-8-24(30-18)34-5/h6-13,15H,14H2,1-5H3. The van der Waals surface area contributed by atoms with Crippen molar-refractivity contribution in [3.8, 4) is 28.7 Å². The van der Waals surface area contributed by atoms with E-state index in [1.165, 1.54) is 6.20 Å². The minimum Gasteiger partial charge on any atom is -0.487 e. The molecule has 35 heavy (non-hydrogen) atoms. The molecule has 0 saturated carbocycles. The van der Waals surface area contributed by atoms with E-state index in [1.807, 2.05) is 39.0 Å². The molecule has 4 aromatic heterocycles. The van der Waals surface area contributed by atoms with Gasteiger partial charge in [-0.25, -0.2) is 15.0 Å². The van der Waals surface area contributed by atoms with Gasteiger partial charge in [-0.3, -0.25) is 14.3 Å². The van der Waals surface area contributed by atoms with Crippen molar-refractivity contribution in [2.75, 3.05) is 7.11 Å². The summed E-state index contributed by atoms with van der Waals surface area (Å²) in [4.78, 5) is 31.1. The predicted octanol–water partition coefficient (Wildman–Crippen LogP) is 5.07. The number of nitrogens with zero attached hydrogens (tertiary/aromatic N) is 5. The Morgan fingerprint density at radius 1 is 1.06 bits per heavy atom. The summed E-state index contributed by atoms with van der Waals surface area (Å²) < 4.78 is 12.7. The van der Waals surface area contributed by atoms with Crippen molar-refractivity contribution in [2.24, 2.45) is 0 Å². The van der Waals surface area contributed by atoms with Crippen LogP contribution in [-0.2, 0) is 6.61 Å². The summed E-state index contributed by atoms with van der Waals surface area (Å²) in [6.07, 6.45) is 3.24. The van der Waals surface area contributed by atoms with Crippen LogP contribution in [0.4, 0.5) is 0 Å². The molecule has 0 aliphatic carbocycles. The summed E-state index contributed by atoms with van der Waals surface area (Å²) in [5, 5.41) is 0.353. The van der Waals surface area contributed by atoms with Gasteiger partial charge in [0, 0.05) is 36.1 Å². The number of rotatable bonds is 7. The highest BCUT2D eigenvalue weighted by atomic mass is 35.5. The van der Waals surface area contributed by atoms with Gasteiger partial charge in [-0.2, -0.15) is 0 Å². The number of ether oxygens (including phenoxy) is 2. The van der Waals surface area contributed by atoms with E-state index in [9.17, 15) is 4.79 Å². The zero-order chi connectivity index (χ0) is 25.1. The molecule has 4 heterocycles. The fourth-order valence-electron chi connectivity index (χ4n) is 3.58. The maximum Gasteiger partial charge on any atom is 0.261 e. The van der Waals surface area contributed by atoms with Crippen LogP contribution in [0.1, 0.15) is 42.5 Å². The molecule has 0 aliphatic heterocycles. The van der Waals surface area contributed by atoms with E-state index >= 15 is 0 Å². The van der Waals surface area contributed by atoms with Gasteiger partial charge in [0.05, 0.1) is 40.5 Å². The van der Waals surface area contributed by atoms with E-state index in [-0.39, 0.29) is 18.1 Å². The van der Waals surface area contributed by atoms with E-state index in [0.29, 0.717) is 50.7 Å². The van der Waals surface area contributed by atoms with Crippen LogP contribution in [0.15, 0.2) is 53.6 Å². The molecule has 0 unspecified atom stereocenters. The minimum absolute atomic E-state index is 0.175. The highest BCUT2D eigenvalue weighted by Gasteiger charge is 2.17. The first-order chi connectivity index (χ1) is 16.8. The Morgan fingerprint density at radius 3 is 2.60 bits per heavy atom. The Bertz CT molecular complexity index is 1440. The lowest BCUT2D eigenvalue weighted by molar-refractivity contribution is 0.294. The average molecular weight is 492 g/mol. The number of aromatic nitrogens is 5. The molecule has 0 spiro atoms. The first-order valence-electron chi connectivity index (χ1n) is 11.1. The fraction of sp³-hybridized carbons (Fsp3) is 0.269. The van der Waals surface area contributed by atoms with E-state index in [4.69, 9.17) is 21.1 Å². The van der Waals surface area contributed by atoms with Crippen molar-refractivity contribution in [1.82, 2.24) is 24.5 Å². The second-order valence-corrected chi connectivity index (χ2v) is 8.76. The summed E-state index contributed by atoms with van der Waals surface area (Å²) in [5.41, 5.74) is 3.36.